The molecule has 0 aliphatic carbocycles. The predicted molar refractivity (Wildman–Crippen MR) is 98.8 cm³/mol. The first-order chi connectivity index (χ1) is 12.1. The van der Waals surface area contributed by atoms with Crippen LogP contribution in [0.25, 0.3) is 10.8 Å². The van der Waals surface area contributed by atoms with Crippen LogP contribution in [0.5, 0.6) is 0 Å². The van der Waals surface area contributed by atoms with Gasteiger partial charge in [-0.1, -0.05) is 25.1 Å². The van der Waals surface area contributed by atoms with Gasteiger partial charge in [0.2, 0.25) is 0 Å². The highest BCUT2D eigenvalue weighted by atomic mass is 16.2. The smallest absolute Gasteiger partial charge is 0.274 e. The topological polar surface area (TPSA) is 67.2 Å². The lowest BCUT2D eigenvalue weighted by Crippen LogP contribution is -2.36. The SMILES string of the molecule is CC1CCN(CCCNC(=O)c2nn(C)c(=O)c3ccccc23)CC1. The van der Waals surface area contributed by atoms with Gasteiger partial charge in [-0.15, -0.1) is 0 Å². The van der Waals surface area contributed by atoms with Crippen molar-refractivity contribution < 1.29 is 4.79 Å². The molecule has 2 aromatic rings. The molecule has 2 heterocycles. The Hall–Kier alpha value is -2.21. The number of hydrogen-bond acceptors (Lipinski definition) is 4. The summed E-state index contributed by atoms with van der Waals surface area (Å²) >= 11 is 0. The van der Waals surface area contributed by atoms with E-state index in [1.54, 1.807) is 25.2 Å². The molecule has 1 saturated heterocycles. The van der Waals surface area contributed by atoms with Gasteiger partial charge in [-0.3, -0.25) is 9.59 Å². The van der Waals surface area contributed by atoms with Gasteiger partial charge in [-0.25, -0.2) is 4.68 Å². The Balaban J connectivity index is 1.59. The molecule has 0 radical (unpaired) electrons. The summed E-state index contributed by atoms with van der Waals surface area (Å²) in [5.41, 5.74) is 0.121. The van der Waals surface area contributed by atoms with Crippen LogP contribution in [0.1, 0.15) is 36.7 Å². The number of nitrogens with zero attached hydrogens (tertiary/aromatic N) is 3. The molecule has 1 aromatic heterocycles. The average molecular weight is 342 g/mol. The number of fused-ring (bicyclic) bond motifs is 1. The number of piperidine rings is 1. The first kappa shape index (κ1) is 17.6. The third kappa shape index (κ3) is 4.07. The summed E-state index contributed by atoms with van der Waals surface area (Å²) in [6, 6.07) is 7.11. The van der Waals surface area contributed by atoms with Crippen molar-refractivity contribution in [3.05, 3.63) is 40.3 Å². The van der Waals surface area contributed by atoms with Crippen LogP contribution < -0.4 is 10.9 Å². The number of likely N-dealkylation sites (tertiary alicyclic amines) is 1. The number of nitrogens with one attached hydrogen (secondary N) is 1. The molecule has 0 bridgehead atoms. The summed E-state index contributed by atoms with van der Waals surface area (Å²) in [7, 11) is 1.57. The maximum Gasteiger partial charge on any atom is 0.274 e. The highest BCUT2D eigenvalue weighted by molar-refractivity contribution is 6.04. The highest BCUT2D eigenvalue weighted by Crippen LogP contribution is 2.16. The van der Waals surface area contributed by atoms with E-state index in [1.165, 1.54) is 17.5 Å². The van der Waals surface area contributed by atoms with Crippen molar-refractivity contribution in [2.24, 2.45) is 13.0 Å². The molecule has 6 nitrogen and oxygen atoms in total. The Morgan fingerprint density at radius 3 is 2.64 bits per heavy atom. The standard InChI is InChI=1S/C19H26N4O2/c1-14-8-12-23(13-9-14)11-5-10-20-18(24)17-15-6-3-4-7-16(15)19(25)22(2)21-17/h3-4,6-7,14H,5,8-13H2,1-2H3,(H,20,24). The van der Waals surface area contributed by atoms with Crippen LogP contribution >= 0.6 is 0 Å². The fraction of sp³-hybridized carbons (Fsp3) is 0.526. The third-order valence-electron chi connectivity index (χ3n) is 4.98. The largest absolute Gasteiger partial charge is 0.351 e. The molecule has 3 rings (SSSR count). The van der Waals surface area contributed by atoms with Crippen molar-refractivity contribution in [1.29, 1.82) is 0 Å². The van der Waals surface area contributed by atoms with E-state index in [9.17, 15) is 9.59 Å². The van der Waals surface area contributed by atoms with Crippen LogP contribution in [0.4, 0.5) is 0 Å². The zero-order valence-electron chi connectivity index (χ0n) is 15.0. The summed E-state index contributed by atoms with van der Waals surface area (Å²) < 4.78 is 1.23. The van der Waals surface area contributed by atoms with Crippen LogP contribution in [0.2, 0.25) is 0 Å². The Morgan fingerprint density at radius 2 is 1.92 bits per heavy atom. The molecule has 1 N–H and O–H groups in total. The van der Waals surface area contributed by atoms with Gasteiger partial charge in [0.1, 0.15) is 0 Å². The molecule has 0 spiro atoms. The molecule has 1 aromatic carbocycles. The van der Waals surface area contributed by atoms with Crippen molar-refractivity contribution in [2.45, 2.75) is 26.2 Å². The molecule has 0 atom stereocenters. The fourth-order valence-electron chi connectivity index (χ4n) is 3.34. The fourth-order valence-corrected chi connectivity index (χ4v) is 3.34. The van der Waals surface area contributed by atoms with Crippen molar-refractivity contribution in [1.82, 2.24) is 20.0 Å². The monoisotopic (exact) mass is 342 g/mol. The molecule has 1 aliphatic rings. The van der Waals surface area contributed by atoms with Crippen LogP contribution in [0.15, 0.2) is 29.1 Å². The van der Waals surface area contributed by atoms with E-state index in [1.807, 2.05) is 6.07 Å². The lowest BCUT2D eigenvalue weighted by atomic mass is 9.99. The predicted octanol–water partition coefficient (Wildman–Crippen LogP) is 1.79. The Kier molecular flexibility index (Phi) is 5.48. The Labute approximate surface area is 147 Å². The van der Waals surface area contributed by atoms with E-state index in [4.69, 9.17) is 0 Å². The minimum Gasteiger partial charge on any atom is -0.351 e. The van der Waals surface area contributed by atoms with Crippen molar-refractivity contribution >= 4 is 16.7 Å². The van der Waals surface area contributed by atoms with E-state index in [0.29, 0.717) is 23.0 Å². The number of amides is 1. The van der Waals surface area contributed by atoms with E-state index in [-0.39, 0.29) is 11.5 Å². The molecule has 134 valence electrons. The second kappa shape index (κ2) is 7.78. The van der Waals surface area contributed by atoms with Gasteiger partial charge < -0.3 is 10.2 Å². The number of aryl methyl sites for hydroxylation is 1. The van der Waals surface area contributed by atoms with Crippen molar-refractivity contribution in [3.63, 3.8) is 0 Å². The zero-order valence-corrected chi connectivity index (χ0v) is 15.0. The number of carbonyl (C=O) groups excluding carboxylic acids is 1. The molecule has 6 heteroatoms. The molecule has 0 unspecified atom stereocenters. The normalized spacial score (nSPS) is 16.2. The second-order valence-corrected chi connectivity index (χ2v) is 6.96. The van der Waals surface area contributed by atoms with E-state index in [2.05, 4.69) is 22.2 Å². The Bertz CT molecular complexity index is 807. The number of carbonyl (C=O) groups is 1. The van der Waals surface area contributed by atoms with Crippen LogP contribution in [0, 0.1) is 5.92 Å². The number of aromatic nitrogens is 2. The minimum atomic E-state index is -0.223. The van der Waals surface area contributed by atoms with Crippen molar-refractivity contribution in [2.75, 3.05) is 26.2 Å². The van der Waals surface area contributed by atoms with Gasteiger partial charge in [-0.05, 0) is 50.9 Å². The van der Waals surface area contributed by atoms with Gasteiger partial charge in [-0.2, -0.15) is 5.10 Å². The molecule has 0 saturated carbocycles. The van der Waals surface area contributed by atoms with Gasteiger partial charge in [0.25, 0.3) is 11.5 Å². The minimum absolute atomic E-state index is 0.188. The summed E-state index contributed by atoms with van der Waals surface area (Å²) in [4.78, 5) is 27.1. The summed E-state index contributed by atoms with van der Waals surface area (Å²) in [5.74, 6) is 0.610. The van der Waals surface area contributed by atoms with Gasteiger partial charge in [0, 0.05) is 19.0 Å². The maximum atomic E-state index is 12.5. The lowest BCUT2D eigenvalue weighted by Gasteiger charge is -2.30. The molecular weight excluding hydrogens is 316 g/mol. The number of benzene rings is 1. The van der Waals surface area contributed by atoms with Gasteiger partial charge >= 0.3 is 0 Å². The summed E-state index contributed by atoms with van der Waals surface area (Å²) in [6.07, 6.45) is 3.45. The van der Waals surface area contributed by atoms with E-state index >= 15 is 0 Å². The van der Waals surface area contributed by atoms with Crippen molar-refractivity contribution in [3.8, 4) is 0 Å². The van der Waals surface area contributed by atoms with Crippen LogP contribution in [-0.4, -0.2) is 46.8 Å². The summed E-state index contributed by atoms with van der Waals surface area (Å²) in [5, 5.41) is 8.23. The number of hydrogen-bond donors (Lipinski definition) is 1. The molecule has 25 heavy (non-hydrogen) atoms. The molecule has 1 aliphatic heterocycles. The average Bonchev–Trinajstić information content (AvgIpc) is 2.63. The zero-order chi connectivity index (χ0) is 17.8. The first-order valence-electron chi connectivity index (χ1n) is 9.03. The lowest BCUT2D eigenvalue weighted by molar-refractivity contribution is 0.0945. The number of rotatable bonds is 5. The molecule has 1 fully saturated rings. The first-order valence-corrected chi connectivity index (χ1v) is 9.03. The van der Waals surface area contributed by atoms with Gasteiger partial charge in [0.05, 0.1) is 5.39 Å². The maximum absolute atomic E-state index is 12.5. The summed E-state index contributed by atoms with van der Waals surface area (Å²) in [6.45, 7) is 6.24. The molecule has 1 amide bonds. The quantitative estimate of drug-likeness (QED) is 0.841. The highest BCUT2D eigenvalue weighted by Gasteiger charge is 2.17. The van der Waals surface area contributed by atoms with Crippen LogP contribution in [0.3, 0.4) is 0 Å². The van der Waals surface area contributed by atoms with E-state index in [0.717, 1.165) is 32.0 Å². The van der Waals surface area contributed by atoms with Crippen LogP contribution in [-0.2, 0) is 7.05 Å². The van der Waals surface area contributed by atoms with Gasteiger partial charge in [0.15, 0.2) is 5.69 Å². The second-order valence-electron chi connectivity index (χ2n) is 6.96. The third-order valence-corrected chi connectivity index (χ3v) is 4.98. The molecular formula is C19H26N4O2. The Morgan fingerprint density at radius 1 is 1.24 bits per heavy atom. The van der Waals surface area contributed by atoms with E-state index < -0.39 is 0 Å².